The van der Waals surface area contributed by atoms with E-state index >= 15 is 0 Å². The van der Waals surface area contributed by atoms with Gasteiger partial charge in [-0.2, -0.15) is 0 Å². The lowest BCUT2D eigenvalue weighted by Gasteiger charge is -2.18. The summed E-state index contributed by atoms with van der Waals surface area (Å²) >= 11 is 12.1. The van der Waals surface area contributed by atoms with E-state index in [0.29, 0.717) is 28.8 Å². The highest BCUT2D eigenvalue weighted by Crippen LogP contribution is 2.25. The molecular formula is C17H17Cl2NO2. The minimum absolute atomic E-state index is 0.192. The second-order valence-electron chi connectivity index (χ2n) is 4.75. The van der Waals surface area contributed by atoms with Gasteiger partial charge in [0.1, 0.15) is 5.75 Å². The number of carbonyl (C=O) groups is 1. The topological polar surface area (TPSA) is 38.3 Å². The highest BCUT2D eigenvalue weighted by Gasteiger charge is 2.19. The summed E-state index contributed by atoms with van der Waals surface area (Å²) in [6.45, 7) is 2.25. The Morgan fingerprint density at radius 2 is 1.73 bits per heavy atom. The van der Waals surface area contributed by atoms with Crippen LogP contribution in [0.15, 0.2) is 48.5 Å². The Hall–Kier alpha value is -1.71. The number of rotatable bonds is 6. The largest absolute Gasteiger partial charge is 0.479 e. The molecule has 0 unspecified atom stereocenters. The highest BCUT2D eigenvalue weighted by atomic mass is 35.5. The SMILES string of the molecule is CC[C@@H](Oc1ccccc1Cl)C(=O)NCc1ccccc1Cl. The molecule has 0 aliphatic heterocycles. The zero-order chi connectivity index (χ0) is 15.9. The van der Waals surface area contributed by atoms with Crippen LogP contribution in [-0.4, -0.2) is 12.0 Å². The van der Waals surface area contributed by atoms with Gasteiger partial charge in [-0.05, 0) is 30.2 Å². The quantitative estimate of drug-likeness (QED) is 0.844. The fourth-order valence-electron chi connectivity index (χ4n) is 1.95. The molecule has 2 aromatic rings. The predicted molar refractivity (Wildman–Crippen MR) is 89.5 cm³/mol. The van der Waals surface area contributed by atoms with Crippen LogP contribution in [0.5, 0.6) is 5.75 Å². The Morgan fingerprint density at radius 1 is 1.09 bits per heavy atom. The van der Waals surface area contributed by atoms with Crippen molar-refractivity contribution in [3.8, 4) is 5.75 Å². The number of ether oxygens (including phenoxy) is 1. The lowest BCUT2D eigenvalue weighted by atomic mass is 10.2. The molecule has 0 aliphatic rings. The summed E-state index contributed by atoms with van der Waals surface area (Å²) in [6, 6.07) is 14.5. The van der Waals surface area contributed by atoms with Gasteiger partial charge in [0.25, 0.3) is 5.91 Å². The van der Waals surface area contributed by atoms with E-state index in [-0.39, 0.29) is 5.91 Å². The second kappa shape index (κ2) is 8.06. The van der Waals surface area contributed by atoms with E-state index in [4.69, 9.17) is 27.9 Å². The maximum atomic E-state index is 12.3. The number of halogens is 2. The van der Waals surface area contributed by atoms with Crippen LogP contribution in [0.4, 0.5) is 0 Å². The minimum Gasteiger partial charge on any atom is -0.479 e. The van der Waals surface area contributed by atoms with Gasteiger partial charge in [0, 0.05) is 11.6 Å². The molecule has 0 spiro atoms. The van der Waals surface area contributed by atoms with Crippen LogP contribution >= 0.6 is 23.2 Å². The first-order valence-electron chi connectivity index (χ1n) is 7.04. The smallest absolute Gasteiger partial charge is 0.261 e. The fraction of sp³-hybridized carbons (Fsp3) is 0.235. The van der Waals surface area contributed by atoms with Crippen molar-refractivity contribution in [2.24, 2.45) is 0 Å². The van der Waals surface area contributed by atoms with Gasteiger partial charge >= 0.3 is 0 Å². The Kier molecular flexibility index (Phi) is 6.10. The maximum Gasteiger partial charge on any atom is 0.261 e. The van der Waals surface area contributed by atoms with E-state index in [0.717, 1.165) is 5.56 Å². The summed E-state index contributed by atoms with van der Waals surface area (Å²) < 4.78 is 5.70. The average molecular weight is 338 g/mol. The number of benzene rings is 2. The summed E-state index contributed by atoms with van der Waals surface area (Å²) in [5, 5.41) is 3.95. The molecule has 1 atom stereocenters. The molecule has 0 radical (unpaired) electrons. The van der Waals surface area contributed by atoms with Crippen molar-refractivity contribution in [1.29, 1.82) is 0 Å². The lowest BCUT2D eigenvalue weighted by molar-refractivity contribution is -0.128. The molecule has 2 aromatic carbocycles. The van der Waals surface area contributed by atoms with Crippen LogP contribution in [-0.2, 0) is 11.3 Å². The molecule has 3 nitrogen and oxygen atoms in total. The van der Waals surface area contributed by atoms with Gasteiger partial charge in [0.2, 0.25) is 0 Å². The standard InChI is InChI=1S/C17H17Cl2NO2/c1-2-15(22-16-10-6-5-9-14(16)19)17(21)20-11-12-7-3-4-8-13(12)18/h3-10,15H,2,11H2,1H3,(H,20,21)/t15-/m1/s1. The third-order valence-corrected chi connectivity index (χ3v) is 3.86. The molecule has 5 heteroatoms. The van der Waals surface area contributed by atoms with Crippen LogP contribution in [0.3, 0.4) is 0 Å². The summed E-state index contributed by atoms with van der Waals surface area (Å²) in [7, 11) is 0. The molecule has 0 aromatic heterocycles. The van der Waals surface area contributed by atoms with Crippen LogP contribution in [0, 0.1) is 0 Å². The van der Waals surface area contributed by atoms with E-state index < -0.39 is 6.10 Å². The van der Waals surface area contributed by atoms with Crippen LogP contribution in [0.25, 0.3) is 0 Å². The molecule has 0 heterocycles. The van der Waals surface area contributed by atoms with Gasteiger partial charge in [-0.15, -0.1) is 0 Å². The summed E-state index contributed by atoms with van der Waals surface area (Å²) in [5.41, 5.74) is 0.866. The van der Waals surface area contributed by atoms with Crippen molar-refractivity contribution < 1.29 is 9.53 Å². The Bertz CT molecular complexity index is 646. The number of hydrogen-bond donors (Lipinski definition) is 1. The van der Waals surface area contributed by atoms with Crippen molar-refractivity contribution in [3.05, 3.63) is 64.1 Å². The molecule has 1 amide bonds. The van der Waals surface area contributed by atoms with Crippen LogP contribution < -0.4 is 10.1 Å². The summed E-state index contributed by atoms with van der Waals surface area (Å²) in [5.74, 6) is 0.311. The molecule has 0 saturated carbocycles. The number of para-hydroxylation sites is 1. The second-order valence-corrected chi connectivity index (χ2v) is 5.57. The molecule has 22 heavy (non-hydrogen) atoms. The highest BCUT2D eigenvalue weighted by molar-refractivity contribution is 6.32. The summed E-state index contributed by atoms with van der Waals surface area (Å²) in [4.78, 5) is 12.3. The lowest BCUT2D eigenvalue weighted by Crippen LogP contribution is -2.37. The van der Waals surface area contributed by atoms with Crippen LogP contribution in [0.1, 0.15) is 18.9 Å². The third kappa shape index (κ3) is 4.39. The molecule has 116 valence electrons. The van der Waals surface area contributed by atoms with E-state index in [2.05, 4.69) is 5.32 Å². The molecule has 1 N–H and O–H groups in total. The average Bonchev–Trinajstić information content (AvgIpc) is 2.53. The number of hydrogen-bond acceptors (Lipinski definition) is 2. The molecule has 0 bridgehead atoms. The molecular weight excluding hydrogens is 321 g/mol. The van der Waals surface area contributed by atoms with Gasteiger partial charge in [-0.25, -0.2) is 0 Å². The first-order valence-corrected chi connectivity index (χ1v) is 7.79. The van der Waals surface area contributed by atoms with E-state index in [1.165, 1.54) is 0 Å². The van der Waals surface area contributed by atoms with Crippen molar-refractivity contribution in [2.45, 2.75) is 26.0 Å². The number of carbonyl (C=O) groups excluding carboxylic acids is 1. The normalized spacial score (nSPS) is 11.8. The van der Waals surface area contributed by atoms with Crippen molar-refractivity contribution >= 4 is 29.1 Å². The predicted octanol–water partition coefficient (Wildman–Crippen LogP) is 4.47. The van der Waals surface area contributed by atoms with Crippen molar-refractivity contribution in [3.63, 3.8) is 0 Å². The zero-order valence-corrected chi connectivity index (χ0v) is 13.7. The van der Waals surface area contributed by atoms with Crippen LogP contribution in [0.2, 0.25) is 10.0 Å². The maximum absolute atomic E-state index is 12.3. The first-order chi connectivity index (χ1) is 10.6. The van der Waals surface area contributed by atoms with E-state index in [1.807, 2.05) is 37.3 Å². The Labute approximate surface area is 140 Å². The zero-order valence-electron chi connectivity index (χ0n) is 12.2. The third-order valence-electron chi connectivity index (χ3n) is 3.18. The minimum atomic E-state index is -0.595. The van der Waals surface area contributed by atoms with Crippen molar-refractivity contribution in [2.75, 3.05) is 0 Å². The Balaban J connectivity index is 1.98. The molecule has 2 rings (SSSR count). The van der Waals surface area contributed by atoms with Gasteiger partial charge in [-0.1, -0.05) is 60.5 Å². The molecule has 0 fully saturated rings. The van der Waals surface area contributed by atoms with E-state index in [1.54, 1.807) is 18.2 Å². The Morgan fingerprint density at radius 3 is 2.36 bits per heavy atom. The van der Waals surface area contributed by atoms with Crippen molar-refractivity contribution in [1.82, 2.24) is 5.32 Å². The van der Waals surface area contributed by atoms with Gasteiger partial charge in [-0.3, -0.25) is 4.79 Å². The monoisotopic (exact) mass is 337 g/mol. The first kappa shape index (κ1) is 16.7. The molecule has 0 saturated heterocycles. The van der Waals surface area contributed by atoms with Gasteiger partial charge in [0.05, 0.1) is 5.02 Å². The van der Waals surface area contributed by atoms with Gasteiger partial charge < -0.3 is 10.1 Å². The summed E-state index contributed by atoms with van der Waals surface area (Å²) in [6.07, 6.45) is -0.0538. The van der Waals surface area contributed by atoms with Gasteiger partial charge in [0.15, 0.2) is 6.10 Å². The number of nitrogens with one attached hydrogen (secondary N) is 1. The molecule has 0 aliphatic carbocycles. The fourth-order valence-corrected chi connectivity index (χ4v) is 2.34. The van der Waals surface area contributed by atoms with E-state index in [9.17, 15) is 4.79 Å². The number of amides is 1.